The lowest BCUT2D eigenvalue weighted by Gasteiger charge is -2.07. The maximum atomic E-state index is 12.5. The van der Waals surface area contributed by atoms with E-state index in [1.54, 1.807) is 18.5 Å². The molecule has 0 bridgehead atoms. The summed E-state index contributed by atoms with van der Waals surface area (Å²) < 4.78 is 31.5. The molecule has 3 heterocycles. The summed E-state index contributed by atoms with van der Waals surface area (Å²) in [6.07, 6.45) is 1.17. The van der Waals surface area contributed by atoms with Crippen LogP contribution in [0.25, 0.3) is 22.4 Å². The molecule has 0 fully saturated rings. The number of rotatable bonds is 5. The van der Waals surface area contributed by atoms with Crippen LogP contribution in [-0.2, 0) is 13.0 Å². The molecule has 0 spiro atoms. The van der Waals surface area contributed by atoms with Crippen molar-refractivity contribution in [3.05, 3.63) is 76.7 Å². The van der Waals surface area contributed by atoms with Crippen LogP contribution < -0.4 is 5.56 Å². The third-order valence-electron chi connectivity index (χ3n) is 4.16. The van der Waals surface area contributed by atoms with Gasteiger partial charge in [-0.05, 0) is 30.2 Å². The van der Waals surface area contributed by atoms with E-state index in [2.05, 4.69) is 15.2 Å². The second-order valence-electron chi connectivity index (χ2n) is 5.98. The highest BCUT2D eigenvalue weighted by Crippen LogP contribution is 2.22. The maximum absolute atomic E-state index is 12.5. The molecular formula is C19H14F2N4O2. The SMILES string of the molecule is O=c1cc(-c2nnc(C(F)F)o2)ccn1CCc1cnc2ccccc2c1. The molecule has 136 valence electrons. The molecule has 4 rings (SSSR count). The molecule has 0 aliphatic rings. The number of aromatic nitrogens is 4. The second kappa shape index (κ2) is 7.06. The molecule has 0 N–H and O–H groups in total. The lowest BCUT2D eigenvalue weighted by Crippen LogP contribution is -2.19. The Morgan fingerprint density at radius 1 is 1.11 bits per heavy atom. The van der Waals surface area contributed by atoms with Gasteiger partial charge in [-0.25, -0.2) is 0 Å². The zero-order chi connectivity index (χ0) is 18.8. The molecule has 0 saturated heterocycles. The van der Waals surface area contributed by atoms with Crippen molar-refractivity contribution in [1.29, 1.82) is 0 Å². The van der Waals surface area contributed by atoms with Crippen molar-refractivity contribution in [2.75, 3.05) is 0 Å². The van der Waals surface area contributed by atoms with Crippen LogP contribution in [0, 0.1) is 0 Å². The van der Waals surface area contributed by atoms with E-state index in [1.165, 1.54) is 10.6 Å². The third-order valence-corrected chi connectivity index (χ3v) is 4.16. The zero-order valence-electron chi connectivity index (χ0n) is 14.0. The Morgan fingerprint density at radius 3 is 2.74 bits per heavy atom. The fraction of sp³-hybridized carbons (Fsp3) is 0.158. The maximum Gasteiger partial charge on any atom is 0.314 e. The van der Waals surface area contributed by atoms with E-state index >= 15 is 0 Å². The molecule has 0 aliphatic carbocycles. The predicted octanol–water partition coefficient (Wildman–Crippen LogP) is 3.63. The van der Waals surface area contributed by atoms with Gasteiger partial charge in [0.1, 0.15) is 0 Å². The highest BCUT2D eigenvalue weighted by Gasteiger charge is 2.17. The summed E-state index contributed by atoms with van der Waals surface area (Å²) in [5.74, 6) is -0.869. The zero-order valence-corrected chi connectivity index (χ0v) is 14.0. The minimum atomic E-state index is -2.85. The summed E-state index contributed by atoms with van der Waals surface area (Å²) in [6.45, 7) is 0.464. The number of hydrogen-bond donors (Lipinski definition) is 0. The van der Waals surface area contributed by atoms with Crippen LogP contribution in [0.3, 0.4) is 0 Å². The summed E-state index contributed by atoms with van der Waals surface area (Å²) >= 11 is 0. The fourth-order valence-electron chi connectivity index (χ4n) is 2.77. The van der Waals surface area contributed by atoms with Crippen LogP contribution in [0.15, 0.2) is 64.1 Å². The molecular weight excluding hydrogens is 354 g/mol. The van der Waals surface area contributed by atoms with Crippen molar-refractivity contribution in [2.45, 2.75) is 19.4 Å². The normalized spacial score (nSPS) is 11.4. The number of benzene rings is 1. The van der Waals surface area contributed by atoms with Gasteiger partial charge in [0.15, 0.2) is 0 Å². The minimum Gasteiger partial charge on any atom is -0.415 e. The van der Waals surface area contributed by atoms with Gasteiger partial charge in [0.25, 0.3) is 11.4 Å². The number of halogens is 2. The first-order valence-electron chi connectivity index (χ1n) is 8.26. The Balaban J connectivity index is 1.51. The van der Waals surface area contributed by atoms with E-state index in [0.29, 0.717) is 18.5 Å². The Hall–Kier alpha value is -3.42. The van der Waals surface area contributed by atoms with Gasteiger partial charge in [0.05, 0.1) is 5.52 Å². The molecule has 6 nitrogen and oxygen atoms in total. The lowest BCUT2D eigenvalue weighted by molar-refractivity contribution is 0.116. The van der Waals surface area contributed by atoms with Crippen molar-refractivity contribution in [1.82, 2.24) is 19.7 Å². The van der Waals surface area contributed by atoms with E-state index in [4.69, 9.17) is 4.42 Å². The number of fused-ring (bicyclic) bond motifs is 1. The molecule has 0 unspecified atom stereocenters. The number of pyridine rings is 2. The van der Waals surface area contributed by atoms with Gasteiger partial charge in [-0.2, -0.15) is 8.78 Å². The molecule has 0 radical (unpaired) electrons. The molecule has 0 amide bonds. The van der Waals surface area contributed by atoms with Crippen LogP contribution in [0.5, 0.6) is 0 Å². The monoisotopic (exact) mass is 368 g/mol. The van der Waals surface area contributed by atoms with Crippen LogP contribution in [0.2, 0.25) is 0 Å². The fourth-order valence-corrected chi connectivity index (χ4v) is 2.77. The number of hydrogen-bond acceptors (Lipinski definition) is 5. The highest BCUT2D eigenvalue weighted by atomic mass is 19.3. The van der Waals surface area contributed by atoms with Gasteiger partial charge in [-0.3, -0.25) is 9.78 Å². The third kappa shape index (κ3) is 3.59. The average molecular weight is 368 g/mol. The molecule has 3 aromatic heterocycles. The van der Waals surface area contributed by atoms with Gasteiger partial charge in [0.2, 0.25) is 5.89 Å². The van der Waals surface area contributed by atoms with Crippen LogP contribution in [0.4, 0.5) is 8.78 Å². The Bertz CT molecular complexity index is 1150. The quantitative estimate of drug-likeness (QED) is 0.538. The molecule has 0 aliphatic heterocycles. The van der Waals surface area contributed by atoms with Crippen LogP contribution in [0.1, 0.15) is 17.9 Å². The largest absolute Gasteiger partial charge is 0.415 e. The van der Waals surface area contributed by atoms with Gasteiger partial charge in [-0.1, -0.05) is 18.2 Å². The highest BCUT2D eigenvalue weighted by molar-refractivity contribution is 5.78. The number of alkyl halides is 2. The van der Waals surface area contributed by atoms with Gasteiger partial charge in [-0.15, -0.1) is 10.2 Å². The Labute approximate surface area is 152 Å². The molecule has 8 heteroatoms. The molecule has 0 atom stereocenters. The Kier molecular flexibility index (Phi) is 4.45. The number of nitrogens with zero attached hydrogens (tertiary/aromatic N) is 4. The first kappa shape index (κ1) is 17.0. The van der Waals surface area contributed by atoms with Crippen LogP contribution >= 0.6 is 0 Å². The Morgan fingerprint density at radius 2 is 1.96 bits per heavy atom. The van der Waals surface area contributed by atoms with Crippen molar-refractivity contribution in [3.8, 4) is 11.5 Å². The molecule has 1 aromatic carbocycles. The lowest BCUT2D eigenvalue weighted by atomic mass is 10.1. The first-order valence-corrected chi connectivity index (χ1v) is 8.26. The van der Waals surface area contributed by atoms with Gasteiger partial charge in [0, 0.05) is 36.0 Å². The van der Waals surface area contributed by atoms with Crippen molar-refractivity contribution in [2.24, 2.45) is 0 Å². The minimum absolute atomic E-state index is 0.103. The topological polar surface area (TPSA) is 73.8 Å². The van der Waals surface area contributed by atoms with Crippen molar-refractivity contribution in [3.63, 3.8) is 0 Å². The molecule has 0 saturated carbocycles. The van der Waals surface area contributed by atoms with Gasteiger partial charge < -0.3 is 8.98 Å². The predicted molar refractivity (Wildman–Crippen MR) is 94.4 cm³/mol. The van der Waals surface area contributed by atoms with Crippen LogP contribution in [-0.4, -0.2) is 19.7 Å². The van der Waals surface area contributed by atoms with E-state index in [0.717, 1.165) is 16.5 Å². The number of aryl methyl sites for hydroxylation is 2. The molecule has 4 aromatic rings. The standard InChI is InChI=1S/C19H14F2N4O2/c20-17(21)19-24-23-18(27-19)14-6-8-25(16(26)10-14)7-5-12-9-13-3-1-2-4-15(13)22-11-12/h1-4,6,8-11,17H,5,7H2. The van der Waals surface area contributed by atoms with Gasteiger partial charge >= 0.3 is 6.43 Å². The van der Waals surface area contributed by atoms with E-state index in [-0.39, 0.29) is 11.4 Å². The van der Waals surface area contributed by atoms with Crippen molar-refractivity contribution < 1.29 is 13.2 Å². The van der Waals surface area contributed by atoms with E-state index < -0.39 is 12.3 Å². The van der Waals surface area contributed by atoms with E-state index in [1.807, 2.05) is 30.3 Å². The smallest absolute Gasteiger partial charge is 0.314 e. The summed E-state index contributed by atoms with van der Waals surface area (Å²) in [7, 11) is 0. The molecule has 27 heavy (non-hydrogen) atoms. The number of para-hydroxylation sites is 1. The van der Waals surface area contributed by atoms with E-state index in [9.17, 15) is 13.6 Å². The first-order chi connectivity index (χ1) is 13.1. The average Bonchev–Trinajstić information content (AvgIpc) is 3.17. The van der Waals surface area contributed by atoms with Crippen molar-refractivity contribution >= 4 is 10.9 Å². The summed E-state index contributed by atoms with van der Waals surface area (Å²) in [6, 6.07) is 12.7. The second-order valence-corrected chi connectivity index (χ2v) is 5.98. The summed E-state index contributed by atoms with van der Waals surface area (Å²) in [4.78, 5) is 16.7. The summed E-state index contributed by atoms with van der Waals surface area (Å²) in [5.41, 5.74) is 1.97. The summed E-state index contributed by atoms with van der Waals surface area (Å²) in [5, 5.41) is 7.86.